The second-order valence-electron chi connectivity index (χ2n) is 6.04. The first-order valence-corrected chi connectivity index (χ1v) is 8.47. The summed E-state index contributed by atoms with van der Waals surface area (Å²) in [5.41, 5.74) is 4.09. The molecule has 21 heavy (non-hydrogen) atoms. The van der Waals surface area contributed by atoms with Crippen LogP contribution in [0.1, 0.15) is 30.7 Å². The zero-order valence-corrected chi connectivity index (χ0v) is 13.8. The lowest BCUT2D eigenvalue weighted by Gasteiger charge is -2.27. The second-order valence-corrected chi connectivity index (χ2v) is 7.15. The first-order valence-electron chi connectivity index (χ1n) is 7.66. The van der Waals surface area contributed by atoms with Crippen LogP contribution < -0.4 is 10.2 Å². The van der Waals surface area contributed by atoms with Gasteiger partial charge >= 0.3 is 0 Å². The molecule has 0 spiro atoms. The Morgan fingerprint density at radius 2 is 2.24 bits per heavy atom. The maximum atomic E-state index is 4.60. The zero-order chi connectivity index (χ0) is 14.8. The Hall–Kier alpha value is -1.39. The van der Waals surface area contributed by atoms with Gasteiger partial charge in [-0.05, 0) is 36.6 Å². The molecule has 3 nitrogen and oxygen atoms in total. The number of nitrogens with zero attached hydrogens (tertiary/aromatic N) is 2. The van der Waals surface area contributed by atoms with Crippen molar-refractivity contribution in [1.82, 2.24) is 10.3 Å². The number of nitrogens with one attached hydrogen (secondary N) is 1. The highest BCUT2D eigenvalue weighted by Gasteiger charge is 2.15. The Morgan fingerprint density at radius 1 is 1.38 bits per heavy atom. The molecule has 1 aliphatic rings. The van der Waals surface area contributed by atoms with Crippen molar-refractivity contribution in [3.63, 3.8) is 0 Å². The number of aryl methyl sites for hydroxylation is 1. The molecule has 2 aromatic rings. The smallest absolute Gasteiger partial charge is 0.123 e. The van der Waals surface area contributed by atoms with Gasteiger partial charge in [-0.2, -0.15) is 0 Å². The summed E-state index contributed by atoms with van der Waals surface area (Å²) in [6, 6.07) is 7.29. The number of fused-ring (bicyclic) bond motifs is 1. The minimum absolute atomic E-state index is 0.509. The Labute approximate surface area is 131 Å². The SMILES string of the molecule is CC(C)NCc1cnc(-c2ccc3c(c2)CCCN3C)s1. The van der Waals surface area contributed by atoms with E-state index in [2.05, 4.69) is 54.3 Å². The van der Waals surface area contributed by atoms with E-state index in [1.807, 2.05) is 6.20 Å². The van der Waals surface area contributed by atoms with Gasteiger partial charge < -0.3 is 10.2 Å². The van der Waals surface area contributed by atoms with Gasteiger partial charge in [-0.3, -0.25) is 0 Å². The molecule has 1 N–H and O–H groups in total. The standard InChI is InChI=1S/C17H23N3S/c1-12(2)18-10-15-11-19-17(21-15)14-6-7-16-13(9-14)5-4-8-20(16)3/h6-7,9,11-12,18H,4-5,8,10H2,1-3H3. The molecular formula is C17H23N3S. The van der Waals surface area contributed by atoms with Gasteiger partial charge in [0.2, 0.25) is 0 Å². The van der Waals surface area contributed by atoms with E-state index in [0.29, 0.717) is 6.04 Å². The van der Waals surface area contributed by atoms with Crippen LogP contribution in [0, 0.1) is 0 Å². The summed E-state index contributed by atoms with van der Waals surface area (Å²) in [5, 5.41) is 4.58. The van der Waals surface area contributed by atoms with E-state index in [-0.39, 0.29) is 0 Å². The Bertz CT molecular complexity index is 618. The number of anilines is 1. The number of benzene rings is 1. The predicted octanol–water partition coefficient (Wildman–Crippen LogP) is 3.69. The average Bonchev–Trinajstić information content (AvgIpc) is 2.94. The molecule has 112 valence electrons. The highest BCUT2D eigenvalue weighted by Crippen LogP contribution is 2.32. The second kappa shape index (κ2) is 6.16. The van der Waals surface area contributed by atoms with Gasteiger partial charge in [-0.25, -0.2) is 4.98 Å². The van der Waals surface area contributed by atoms with Crippen LogP contribution in [-0.4, -0.2) is 24.6 Å². The van der Waals surface area contributed by atoms with Gasteiger partial charge in [0.15, 0.2) is 0 Å². The molecule has 0 fully saturated rings. The summed E-state index contributed by atoms with van der Waals surface area (Å²) >= 11 is 1.79. The largest absolute Gasteiger partial charge is 0.374 e. The van der Waals surface area contributed by atoms with Crippen molar-refractivity contribution < 1.29 is 0 Å². The molecule has 0 aliphatic carbocycles. The van der Waals surface area contributed by atoms with Crippen LogP contribution in [0.4, 0.5) is 5.69 Å². The van der Waals surface area contributed by atoms with Crippen LogP contribution in [0.25, 0.3) is 10.6 Å². The minimum Gasteiger partial charge on any atom is -0.374 e. The molecule has 1 aromatic carbocycles. The molecule has 0 amide bonds. The lowest BCUT2D eigenvalue weighted by Crippen LogP contribution is -2.24. The van der Waals surface area contributed by atoms with Gasteiger partial charge in [0, 0.05) is 48.5 Å². The molecule has 1 aliphatic heterocycles. The first kappa shape index (κ1) is 14.5. The predicted molar refractivity (Wildman–Crippen MR) is 91.1 cm³/mol. The summed E-state index contributed by atoms with van der Waals surface area (Å²) < 4.78 is 0. The number of thiazole rings is 1. The molecule has 1 aromatic heterocycles. The van der Waals surface area contributed by atoms with E-state index in [1.165, 1.54) is 34.5 Å². The van der Waals surface area contributed by atoms with Crippen molar-refractivity contribution in [2.75, 3.05) is 18.5 Å². The summed E-state index contributed by atoms with van der Waals surface area (Å²) in [7, 11) is 2.18. The van der Waals surface area contributed by atoms with Crippen molar-refractivity contribution in [3.05, 3.63) is 34.8 Å². The summed E-state index contributed by atoms with van der Waals surface area (Å²) in [4.78, 5) is 8.25. The van der Waals surface area contributed by atoms with Gasteiger partial charge in [-0.15, -0.1) is 11.3 Å². The molecule has 0 radical (unpaired) electrons. The summed E-state index contributed by atoms with van der Waals surface area (Å²) in [5.74, 6) is 0. The third kappa shape index (κ3) is 3.27. The minimum atomic E-state index is 0.509. The number of aromatic nitrogens is 1. The van der Waals surface area contributed by atoms with E-state index in [1.54, 1.807) is 11.3 Å². The van der Waals surface area contributed by atoms with E-state index in [0.717, 1.165) is 18.1 Å². The highest BCUT2D eigenvalue weighted by atomic mass is 32.1. The van der Waals surface area contributed by atoms with Crippen molar-refractivity contribution in [1.29, 1.82) is 0 Å². The lowest BCUT2D eigenvalue weighted by atomic mass is 10.00. The van der Waals surface area contributed by atoms with Crippen molar-refractivity contribution in [2.24, 2.45) is 0 Å². The lowest BCUT2D eigenvalue weighted by molar-refractivity contribution is 0.593. The molecule has 0 saturated carbocycles. The Balaban J connectivity index is 1.81. The zero-order valence-electron chi connectivity index (χ0n) is 13.0. The average molecular weight is 301 g/mol. The van der Waals surface area contributed by atoms with Crippen LogP contribution in [0.15, 0.2) is 24.4 Å². The van der Waals surface area contributed by atoms with Gasteiger partial charge in [0.25, 0.3) is 0 Å². The molecule has 2 heterocycles. The number of rotatable bonds is 4. The van der Waals surface area contributed by atoms with Crippen molar-refractivity contribution in [2.45, 2.75) is 39.3 Å². The van der Waals surface area contributed by atoms with Gasteiger partial charge in [0.1, 0.15) is 5.01 Å². The maximum Gasteiger partial charge on any atom is 0.123 e. The Morgan fingerprint density at radius 3 is 3.05 bits per heavy atom. The number of hydrogen-bond acceptors (Lipinski definition) is 4. The Kier molecular flexibility index (Phi) is 4.27. The molecule has 0 saturated heterocycles. The quantitative estimate of drug-likeness (QED) is 0.933. The summed E-state index contributed by atoms with van der Waals surface area (Å²) in [6.07, 6.45) is 4.43. The van der Waals surface area contributed by atoms with Crippen LogP contribution in [0.3, 0.4) is 0 Å². The van der Waals surface area contributed by atoms with Crippen LogP contribution in [-0.2, 0) is 13.0 Å². The third-order valence-corrected chi connectivity index (χ3v) is 4.96. The fraction of sp³-hybridized carbons (Fsp3) is 0.471. The summed E-state index contributed by atoms with van der Waals surface area (Å²) in [6.45, 7) is 6.40. The van der Waals surface area contributed by atoms with Crippen LogP contribution in [0.5, 0.6) is 0 Å². The van der Waals surface area contributed by atoms with Crippen molar-refractivity contribution >= 4 is 17.0 Å². The van der Waals surface area contributed by atoms with E-state index in [9.17, 15) is 0 Å². The third-order valence-electron chi connectivity index (χ3n) is 3.92. The molecular weight excluding hydrogens is 278 g/mol. The molecule has 0 unspecified atom stereocenters. The van der Waals surface area contributed by atoms with E-state index >= 15 is 0 Å². The van der Waals surface area contributed by atoms with Crippen LogP contribution in [0.2, 0.25) is 0 Å². The molecule has 0 bridgehead atoms. The highest BCUT2D eigenvalue weighted by molar-refractivity contribution is 7.15. The van der Waals surface area contributed by atoms with E-state index in [4.69, 9.17) is 0 Å². The molecule has 0 atom stereocenters. The molecule has 3 rings (SSSR count). The fourth-order valence-electron chi connectivity index (χ4n) is 2.75. The van der Waals surface area contributed by atoms with Crippen molar-refractivity contribution in [3.8, 4) is 10.6 Å². The van der Waals surface area contributed by atoms with Crippen LogP contribution >= 0.6 is 11.3 Å². The van der Waals surface area contributed by atoms with E-state index < -0.39 is 0 Å². The topological polar surface area (TPSA) is 28.2 Å². The fourth-order valence-corrected chi connectivity index (χ4v) is 3.61. The van der Waals surface area contributed by atoms with Gasteiger partial charge in [-0.1, -0.05) is 13.8 Å². The monoisotopic (exact) mass is 301 g/mol. The molecule has 4 heteroatoms. The maximum absolute atomic E-state index is 4.60. The normalized spacial score (nSPS) is 14.6. The first-order chi connectivity index (χ1) is 10.1. The van der Waals surface area contributed by atoms with Gasteiger partial charge in [0.05, 0.1) is 0 Å². The number of hydrogen-bond donors (Lipinski definition) is 1.